The van der Waals surface area contributed by atoms with E-state index in [1.54, 1.807) is 30.5 Å². The molecule has 0 radical (unpaired) electrons. The molecule has 2 heterocycles. The number of nitrogens with one attached hydrogen (secondary N) is 1. The van der Waals surface area contributed by atoms with E-state index < -0.39 is 10.0 Å². The number of carbonyl (C=O) groups excluding carboxylic acids is 1. The van der Waals surface area contributed by atoms with Crippen molar-refractivity contribution in [2.45, 2.75) is 20.0 Å². The number of anilines is 1. The third-order valence-corrected chi connectivity index (χ3v) is 6.23. The minimum Gasteiger partial charge on any atom is -0.475 e. The summed E-state index contributed by atoms with van der Waals surface area (Å²) < 4.78 is 37.1. The van der Waals surface area contributed by atoms with Crippen molar-refractivity contribution in [2.24, 2.45) is 0 Å². The van der Waals surface area contributed by atoms with Crippen LogP contribution in [0.25, 0.3) is 22.3 Å². The Morgan fingerprint density at radius 3 is 2.53 bits per heavy atom. The van der Waals surface area contributed by atoms with Crippen LogP contribution in [0.2, 0.25) is 0 Å². The highest BCUT2D eigenvalue weighted by Crippen LogP contribution is 2.39. The topological polar surface area (TPSA) is 102 Å². The van der Waals surface area contributed by atoms with Gasteiger partial charge in [-0.2, -0.15) is 0 Å². The molecule has 160 valence electrons. The fourth-order valence-electron chi connectivity index (χ4n) is 2.91. The van der Waals surface area contributed by atoms with Crippen molar-refractivity contribution in [3.63, 3.8) is 0 Å². The molecule has 0 bridgehead atoms. The van der Waals surface area contributed by atoms with E-state index in [0.717, 1.165) is 10.6 Å². The third kappa shape index (κ3) is 4.29. The molecule has 8 nitrogen and oxygen atoms in total. The van der Waals surface area contributed by atoms with Crippen molar-refractivity contribution >= 4 is 48.5 Å². The Bertz CT molecular complexity index is 1200. The fraction of sp³-hybridized carbons (Fsp3) is 0.300. The summed E-state index contributed by atoms with van der Waals surface area (Å²) in [7, 11) is -0.502. The summed E-state index contributed by atoms with van der Waals surface area (Å²) in [6.07, 6.45) is 2.67. The highest BCUT2D eigenvalue weighted by Gasteiger charge is 2.25. The van der Waals surface area contributed by atoms with Crippen LogP contribution < -0.4 is 14.4 Å². The molecule has 0 unspecified atom stereocenters. The van der Waals surface area contributed by atoms with Gasteiger partial charge < -0.3 is 14.5 Å². The van der Waals surface area contributed by atoms with Gasteiger partial charge in [-0.25, -0.2) is 13.4 Å². The van der Waals surface area contributed by atoms with Gasteiger partial charge in [0.2, 0.25) is 15.9 Å². The quantitative estimate of drug-likeness (QED) is 0.557. The number of ether oxygens (including phenoxy) is 1. The smallest absolute Gasteiger partial charge is 0.255 e. The standard InChI is InChI=1S/C20H22BrN3O5S/c1-11(2)28-17-7-6-12(10-23-17)19-18(20(25)22-3)13-8-14(21)15(9-16(13)29-19)24(4)30(5,26)27/h6-11H,1-5H3,(H,22,25). The summed E-state index contributed by atoms with van der Waals surface area (Å²) in [5, 5.41) is 3.17. The van der Waals surface area contributed by atoms with Gasteiger partial charge in [-0.1, -0.05) is 0 Å². The summed E-state index contributed by atoms with van der Waals surface area (Å²) in [5.41, 5.74) is 1.70. The predicted octanol–water partition coefficient (Wildman–Crippen LogP) is 3.80. The molecule has 0 saturated carbocycles. The summed E-state index contributed by atoms with van der Waals surface area (Å²) in [6.45, 7) is 3.81. The Kier molecular flexibility index (Phi) is 6.09. The minimum absolute atomic E-state index is 0.0152. The van der Waals surface area contributed by atoms with E-state index in [1.807, 2.05) is 13.8 Å². The zero-order valence-corrected chi connectivity index (χ0v) is 19.6. The number of rotatable bonds is 6. The van der Waals surface area contributed by atoms with Crippen LogP contribution in [0, 0.1) is 0 Å². The monoisotopic (exact) mass is 495 g/mol. The first kappa shape index (κ1) is 22.1. The van der Waals surface area contributed by atoms with Crippen LogP contribution in [0.5, 0.6) is 5.88 Å². The number of benzene rings is 1. The molecule has 1 amide bonds. The van der Waals surface area contributed by atoms with E-state index in [2.05, 4.69) is 26.2 Å². The number of amides is 1. The fourth-order valence-corrected chi connectivity index (χ4v) is 4.14. The van der Waals surface area contributed by atoms with Crippen molar-refractivity contribution in [3.8, 4) is 17.2 Å². The molecule has 3 rings (SSSR count). The Hall–Kier alpha value is -2.59. The van der Waals surface area contributed by atoms with Crippen LogP contribution >= 0.6 is 15.9 Å². The second-order valence-corrected chi connectivity index (χ2v) is 9.84. The lowest BCUT2D eigenvalue weighted by Gasteiger charge is -2.18. The first-order valence-corrected chi connectivity index (χ1v) is 11.7. The molecule has 0 atom stereocenters. The molecule has 30 heavy (non-hydrogen) atoms. The number of hydrogen-bond donors (Lipinski definition) is 1. The van der Waals surface area contributed by atoms with Crippen molar-refractivity contribution in [3.05, 3.63) is 40.5 Å². The van der Waals surface area contributed by atoms with Gasteiger partial charge in [0.05, 0.1) is 23.6 Å². The summed E-state index contributed by atoms with van der Waals surface area (Å²) in [5.74, 6) is 0.465. The number of nitrogens with zero attached hydrogens (tertiary/aromatic N) is 2. The summed E-state index contributed by atoms with van der Waals surface area (Å²) >= 11 is 3.41. The Labute approximate surface area is 183 Å². The van der Waals surface area contributed by atoms with Crippen LogP contribution in [0.4, 0.5) is 5.69 Å². The highest BCUT2D eigenvalue weighted by atomic mass is 79.9. The molecular formula is C20H22BrN3O5S. The van der Waals surface area contributed by atoms with Gasteiger partial charge in [0, 0.05) is 47.8 Å². The van der Waals surface area contributed by atoms with E-state index in [0.29, 0.717) is 43.9 Å². The number of pyridine rings is 1. The van der Waals surface area contributed by atoms with E-state index in [1.165, 1.54) is 14.1 Å². The third-order valence-electron chi connectivity index (χ3n) is 4.40. The van der Waals surface area contributed by atoms with Crippen molar-refractivity contribution < 1.29 is 22.4 Å². The van der Waals surface area contributed by atoms with Gasteiger partial charge >= 0.3 is 0 Å². The lowest BCUT2D eigenvalue weighted by Crippen LogP contribution is -2.25. The molecule has 0 fully saturated rings. The van der Waals surface area contributed by atoms with Gasteiger partial charge in [0.15, 0.2) is 0 Å². The highest BCUT2D eigenvalue weighted by molar-refractivity contribution is 9.10. The van der Waals surface area contributed by atoms with Crippen molar-refractivity contribution in [1.82, 2.24) is 10.3 Å². The van der Waals surface area contributed by atoms with E-state index in [4.69, 9.17) is 9.15 Å². The van der Waals surface area contributed by atoms with E-state index in [9.17, 15) is 13.2 Å². The average Bonchev–Trinajstić information content (AvgIpc) is 3.03. The van der Waals surface area contributed by atoms with E-state index >= 15 is 0 Å². The van der Waals surface area contributed by atoms with Crippen molar-refractivity contribution in [1.29, 1.82) is 0 Å². The SMILES string of the molecule is CNC(=O)c1c(-c2ccc(OC(C)C)nc2)oc2cc(N(C)S(C)(=O)=O)c(Br)cc12. The second kappa shape index (κ2) is 8.27. The Morgan fingerprint density at radius 2 is 2.00 bits per heavy atom. The van der Waals surface area contributed by atoms with Gasteiger partial charge in [-0.3, -0.25) is 9.10 Å². The molecule has 10 heteroatoms. The molecule has 0 aliphatic heterocycles. The summed E-state index contributed by atoms with van der Waals surface area (Å²) in [4.78, 5) is 16.9. The van der Waals surface area contributed by atoms with Gasteiger partial charge in [0.1, 0.15) is 11.3 Å². The maximum absolute atomic E-state index is 12.6. The van der Waals surface area contributed by atoms with Crippen molar-refractivity contribution in [2.75, 3.05) is 24.7 Å². The maximum Gasteiger partial charge on any atom is 0.255 e. The molecule has 0 saturated heterocycles. The van der Waals surface area contributed by atoms with Crippen LogP contribution in [0.15, 0.2) is 39.4 Å². The lowest BCUT2D eigenvalue weighted by atomic mass is 10.1. The van der Waals surface area contributed by atoms with Crippen LogP contribution in [-0.4, -0.2) is 45.8 Å². The molecule has 0 spiro atoms. The van der Waals surface area contributed by atoms with Crippen LogP contribution in [0.3, 0.4) is 0 Å². The molecular weight excluding hydrogens is 474 g/mol. The molecule has 0 aliphatic carbocycles. The number of furan rings is 1. The lowest BCUT2D eigenvalue weighted by molar-refractivity contribution is 0.0964. The number of aromatic nitrogens is 1. The number of halogens is 1. The number of hydrogen-bond acceptors (Lipinski definition) is 6. The zero-order valence-electron chi connectivity index (χ0n) is 17.2. The molecule has 1 N–H and O–H groups in total. The predicted molar refractivity (Wildman–Crippen MR) is 120 cm³/mol. The zero-order chi connectivity index (χ0) is 22.2. The van der Waals surface area contributed by atoms with Crippen LogP contribution in [0.1, 0.15) is 24.2 Å². The molecule has 1 aromatic carbocycles. The van der Waals surface area contributed by atoms with Crippen LogP contribution in [-0.2, 0) is 10.0 Å². The minimum atomic E-state index is -3.48. The molecule has 3 aromatic rings. The van der Waals surface area contributed by atoms with Gasteiger partial charge in [-0.05, 0) is 41.9 Å². The largest absolute Gasteiger partial charge is 0.475 e. The average molecular weight is 496 g/mol. The molecule has 0 aliphatic rings. The van der Waals surface area contributed by atoms with E-state index in [-0.39, 0.29) is 12.0 Å². The number of sulfonamides is 1. The second-order valence-electron chi connectivity index (χ2n) is 6.97. The van der Waals surface area contributed by atoms with Gasteiger partial charge in [-0.15, -0.1) is 0 Å². The Balaban J connectivity index is 2.20. The first-order chi connectivity index (χ1) is 14.0. The number of carbonyl (C=O) groups is 1. The Morgan fingerprint density at radius 1 is 1.30 bits per heavy atom. The normalized spacial score (nSPS) is 11.7. The molecule has 2 aromatic heterocycles. The van der Waals surface area contributed by atoms with Gasteiger partial charge in [0.25, 0.3) is 5.91 Å². The first-order valence-electron chi connectivity index (χ1n) is 9.08. The number of fused-ring (bicyclic) bond motifs is 1. The maximum atomic E-state index is 12.6. The summed E-state index contributed by atoms with van der Waals surface area (Å²) in [6, 6.07) is 6.72.